The molecular formula is C20H24N6O. The highest BCUT2D eigenvalue weighted by Crippen LogP contribution is 2.18. The van der Waals surface area contributed by atoms with E-state index in [0.29, 0.717) is 12.6 Å². The largest absolute Gasteiger partial charge is 0.367 e. The molecule has 1 N–H and O–H groups in total. The Kier molecular flexibility index (Phi) is 5.39. The monoisotopic (exact) mass is 364 g/mol. The predicted molar refractivity (Wildman–Crippen MR) is 106 cm³/mol. The van der Waals surface area contributed by atoms with Crippen molar-refractivity contribution in [3.8, 4) is 0 Å². The highest BCUT2D eigenvalue weighted by Gasteiger charge is 2.22. The molecular weight excluding hydrogens is 340 g/mol. The van der Waals surface area contributed by atoms with Gasteiger partial charge < -0.3 is 5.32 Å². The Morgan fingerprint density at radius 3 is 2.85 bits per heavy atom. The molecule has 4 rings (SSSR count). The van der Waals surface area contributed by atoms with E-state index in [9.17, 15) is 4.79 Å². The fourth-order valence-corrected chi connectivity index (χ4v) is 3.63. The van der Waals surface area contributed by atoms with Crippen molar-refractivity contribution in [1.29, 1.82) is 0 Å². The average molecular weight is 364 g/mol. The summed E-state index contributed by atoms with van der Waals surface area (Å²) in [6.45, 7) is 3.32. The molecule has 1 fully saturated rings. The van der Waals surface area contributed by atoms with E-state index >= 15 is 0 Å². The second-order valence-corrected chi connectivity index (χ2v) is 6.90. The van der Waals surface area contributed by atoms with E-state index in [1.54, 1.807) is 24.5 Å². The van der Waals surface area contributed by atoms with Crippen LogP contribution in [0.2, 0.25) is 0 Å². The maximum atomic E-state index is 11.8. The lowest BCUT2D eigenvalue weighted by molar-refractivity contribution is 0.148. The summed E-state index contributed by atoms with van der Waals surface area (Å²) in [6.07, 6.45) is 7.03. The summed E-state index contributed by atoms with van der Waals surface area (Å²) in [5.74, 6) is 0.806. The molecule has 2 aromatic heterocycles. The van der Waals surface area contributed by atoms with Crippen LogP contribution in [0.15, 0.2) is 53.6 Å². The summed E-state index contributed by atoms with van der Waals surface area (Å²) in [6, 6.07) is 11.5. The van der Waals surface area contributed by atoms with Crippen molar-refractivity contribution in [3.63, 3.8) is 0 Å². The van der Waals surface area contributed by atoms with E-state index in [0.717, 1.165) is 42.9 Å². The number of anilines is 1. The fraction of sp³-hybridized carbons (Fsp3) is 0.400. The summed E-state index contributed by atoms with van der Waals surface area (Å²) < 4.78 is 1.54. The molecule has 1 aliphatic rings. The molecule has 140 valence electrons. The smallest absolute Gasteiger partial charge is 0.266 e. The third kappa shape index (κ3) is 4.31. The van der Waals surface area contributed by atoms with E-state index < -0.39 is 0 Å². The van der Waals surface area contributed by atoms with Crippen molar-refractivity contribution in [2.24, 2.45) is 0 Å². The standard InChI is InChI=1S/C20H24N6O/c27-20-9-5-10-23-26(20)13-12-25-11-4-3-6-16(25)14-22-19-15-21-17-7-1-2-8-18(17)24-19/h1-2,5,7-10,15-16H,3-4,6,11-14H2,(H,22,24). The van der Waals surface area contributed by atoms with Crippen LogP contribution in [-0.4, -0.2) is 50.3 Å². The molecule has 3 heterocycles. The highest BCUT2D eigenvalue weighted by molar-refractivity contribution is 5.75. The molecule has 3 aromatic rings. The van der Waals surface area contributed by atoms with Crippen molar-refractivity contribution in [1.82, 2.24) is 24.6 Å². The molecule has 0 spiro atoms. The number of nitrogens with one attached hydrogen (secondary N) is 1. The number of nitrogens with zero attached hydrogens (tertiary/aromatic N) is 5. The first-order valence-electron chi connectivity index (χ1n) is 9.51. The quantitative estimate of drug-likeness (QED) is 0.722. The Morgan fingerprint density at radius 1 is 1.07 bits per heavy atom. The van der Waals surface area contributed by atoms with Gasteiger partial charge >= 0.3 is 0 Å². The van der Waals surface area contributed by atoms with Gasteiger partial charge in [0.1, 0.15) is 5.82 Å². The zero-order chi connectivity index (χ0) is 18.5. The number of hydrogen-bond donors (Lipinski definition) is 1. The van der Waals surface area contributed by atoms with Gasteiger partial charge in [0, 0.05) is 31.4 Å². The predicted octanol–water partition coefficient (Wildman–Crippen LogP) is 2.15. The summed E-state index contributed by atoms with van der Waals surface area (Å²) in [7, 11) is 0. The lowest BCUT2D eigenvalue weighted by atomic mass is 10.0. The molecule has 0 aliphatic carbocycles. The van der Waals surface area contributed by atoms with Gasteiger partial charge in [-0.3, -0.25) is 14.7 Å². The minimum atomic E-state index is -0.0457. The van der Waals surface area contributed by atoms with Crippen LogP contribution >= 0.6 is 0 Å². The van der Waals surface area contributed by atoms with Crippen LogP contribution in [0, 0.1) is 0 Å². The molecule has 0 bridgehead atoms. The molecule has 0 saturated carbocycles. The van der Waals surface area contributed by atoms with Gasteiger partial charge in [0.25, 0.3) is 5.56 Å². The molecule has 0 amide bonds. The number of likely N-dealkylation sites (tertiary alicyclic amines) is 1. The lowest BCUT2D eigenvalue weighted by Gasteiger charge is -2.35. The first-order valence-corrected chi connectivity index (χ1v) is 9.51. The van der Waals surface area contributed by atoms with Crippen LogP contribution in [0.3, 0.4) is 0 Å². The third-order valence-corrected chi connectivity index (χ3v) is 5.10. The van der Waals surface area contributed by atoms with Gasteiger partial charge in [0.2, 0.25) is 0 Å². The minimum Gasteiger partial charge on any atom is -0.367 e. The Bertz CT molecular complexity index is 956. The fourth-order valence-electron chi connectivity index (χ4n) is 3.63. The van der Waals surface area contributed by atoms with Crippen LogP contribution in [0.5, 0.6) is 0 Å². The third-order valence-electron chi connectivity index (χ3n) is 5.10. The van der Waals surface area contributed by atoms with E-state index in [-0.39, 0.29) is 5.56 Å². The number of para-hydroxylation sites is 2. The maximum absolute atomic E-state index is 11.8. The van der Waals surface area contributed by atoms with Crippen LogP contribution in [0.1, 0.15) is 19.3 Å². The van der Waals surface area contributed by atoms with Gasteiger partial charge in [-0.25, -0.2) is 9.67 Å². The molecule has 1 saturated heterocycles. The Hall–Kier alpha value is -2.80. The number of piperidine rings is 1. The molecule has 1 aliphatic heterocycles. The Labute approximate surface area is 158 Å². The SMILES string of the molecule is O=c1cccnn1CCN1CCCCC1CNc1cnc2ccccc2n1. The van der Waals surface area contributed by atoms with Gasteiger partial charge in [0.15, 0.2) is 0 Å². The normalized spacial score (nSPS) is 17.9. The Morgan fingerprint density at radius 2 is 1.96 bits per heavy atom. The number of benzene rings is 1. The van der Waals surface area contributed by atoms with E-state index in [4.69, 9.17) is 0 Å². The molecule has 1 unspecified atom stereocenters. The first kappa shape index (κ1) is 17.6. The second-order valence-electron chi connectivity index (χ2n) is 6.90. The Balaban J connectivity index is 1.38. The van der Waals surface area contributed by atoms with Crippen LogP contribution in [0.4, 0.5) is 5.82 Å². The molecule has 0 radical (unpaired) electrons. The number of fused-ring (bicyclic) bond motifs is 1. The zero-order valence-corrected chi connectivity index (χ0v) is 15.3. The van der Waals surface area contributed by atoms with Gasteiger partial charge in [0.05, 0.1) is 23.8 Å². The van der Waals surface area contributed by atoms with Crippen molar-refractivity contribution < 1.29 is 0 Å². The van der Waals surface area contributed by atoms with Crippen LogP contribution < -0.4 is 10.9 Å². The van der Waals surface area contributed by atoms with Crippen molar-refractivity contribution >= 4 is 16.9 Å². The van der Waals surface area contributed by atoms with Gasteiger partial charge in [-0.2, -0.15) is 5.10 Å². The van der Waals surface area contributed by atoms with E-state index in [2.05, 4.69) is 25.3 Å². The molecule has 7 nitrogen and oxygen atoms in total. The van der Waals surface area contributed by atoms with Crippen molar-refractivity contribution in [3.05, 3.63) is 59.1 Å². The van der Waals surface area contributed by atoms with Gasteiger partial charge in [-0.15, -0.1) is 0 Å². The first-order chi connectivity index (χ1) is 13.3. The zero-order valence-electron chi connectivity index (χ0n) is 15.3. The highest BCUT2D eigenvalue weighted by atomic mass is 16.1. The number of hydrogen-bond acceptors (Lipinski definition) is 6. The van der Waals surface area contributed by atoms with Gasteiger partial charge in [-0.05, 0) is 37.6 Å². The van der Waals surface area contributed by atoms with E-state index in [1.165, 1.54) is 17.5 Å². The summed E-state index contributed by atoms with van der Waals surface area (Å²) in [4.78, 5) is 23.4. The topological polar surface area (TPSA) is 75.9 Å². The van der Waals surface area contributed by atoms with Crippen molar-refractivity contribution in [2.45, 2.75) is 31.8 Å². The molecule has 1 aromatic carbocycles. The average Bonchev–Trinajstić information content (AvgIpc) is 2.72. The van der Waals surface area contributed by atoms with Crippen molar-refractivity contribution in [2.75, 3.05) is 25.0 Å². The van der Waals surface area contributed by atoms with Gasteiger partial charge in [-0.1, -0.05) is 18.6 Å². The minimum absolute atomic E-state index is 0.0457. The van der Waals surface area contributed by atoms with E-state index in [1.807, 2.05) is 24.3 Å². The molecule has 1 atom stereocenters. The molecule has 7 heteroatoms. The van der Waals surface area contributed by atoms with Crippen LogP contribution in [-0.2, 0) is 6.54 Å². The summed E-state index contributed by atoms with van der Waals surface area (Å²) in [5, 5.41) is 7.60. The lowest BCUT2D eigenvalue weighted by Crippen LogP contribution is -2.45. The summed E-state index contributed by atoms with van der Waals surface area (Å²) in [5.41, 5.74) is 1.76. The second kappa shape index (κ2) is 8.26. The summed E-state index contributed by atoms with van der Waals surface area (Å²) >= 11 is 0. The maximum Gasteiger partial charge on any atom is 0.266 e. The van der Waals surface area contributed by atoms with Crippen LogP contribution in [0.25, 0.3) is 11.0 Å². The number of aromatic nitrogens is 4. The molecule has 27 heavy (non-hydrogen) atoms. The number of rotatable bonds is 6.